The number of benzene rings is 1. The van der Waals surface area contributed by atoms with Gasteiger partial charge in [0.15, 0.2) is 0 Å². The fourth-order valence-electron chi connectivity index (χ4n) is 3.29. The summed E-state index contributed by atoms with van der Waals surface area (Å²) in [6.45, 7) is 0.509. The van der Waals surface area contributed by atoms with Gasteiger partial charge >= 0.3 is 0 Å². The molecule has 142 valence electrons. The molecule has 0 aliphatic rings. The van der Waals surface area contributed by atoms with E-state index >= 15 is 0 Å². The summed E-state index contributed by atoms with van der Waals surface area (Å²) in [5.41, 5.74) is 1.95. The lowest BCUT2D eigenvalue weighted by Crippen LogP contribution is -2.32. The zero-order valence-corrected chi connectivity index (χ0v) is 16.0. The summed E-state index contributed by atoms with van der Waals surface area (Å²) in [7, 11) is 0. The van der Waals surface area contributed by atoms with E-state index in [0.717, 1.165) is 22.7 Å². The molecule has 1 amide bonds. The molecule has 4 rings (SSSR count). The molecule has 1 N–H and O–H groups in total. The van der Waals surface area contributed by atoms with Crippen LogP contribution in [0.1, 0.15) is 23.1 Å². The highest BCUT2D eigenvalue weighted by Crippen LogP contribution is 2.23. The molecule has 0 radical (unpaired) electrons. The third-order valence-electron chi connectivity index (χ3n) is 4.74. The van der Waals surface area contributed by atoms with Crippen LogP contribution in [0.5, 0.6) is 0 Å². The van der Waals surface area contributed by atoms with Gasteiger partial charge in [0.1, 0.15) is 11.6 Å². The minimum Gasteiger partial charge on any atom is -0.469 e. The minimum absolute atomic E-state index is 0.0421. The summed E-state index contributed by atoms with van der Waals surface area (Å²) in [6, 6.07) is 17.0. The van der Waals surface area contributed by atoms with Crippen LogP contribution in [0.3, 0.4) is 0 Å². The van der Waals surface area contributed by atoms with Crippen molar-refractivity contribution in [2.24, 2.45) is 0 Å². The first kappa shape index (κ1) is 18.3. The molecule has 28 heavy (non-hydrogen) atoms. The number of imidazole rings is 1. The lowest BCUT2D eigenvalue weighted by atomic mass is 9.93. The van der Waals surface area contributed by atoms with E-state index in [-0.39, 0.29) is 11.8 Å². The van der Waals surface area contributed by atoms with E-state index in [1.54, 1.807) is 18.4 Å². The number of hydrogen-bond acceptors (Lipinski definition) is 3. The van der Waals surface area contributed by atoms with Crippen molar-refractivity contribution < 1.29 is 9.21 Å². The highest BCUT2D eigenvalue weighted by Gasteiger charge is 2.22. The van der Waals surface area contributed by atoms with Gasteiger partial charge in [0.25, 0.3) is 0 Å². The van der Waals surface area contributed by atoms with E-state index in [0.29, 0.717) is 24.4 Å². The van der Waals surface area contributed by atoms with E-state index in [4.69, 9.17) is 16.0 Å². The van der Waals surface area contributed by atoms with E-state index in [9.17, 15) is 4.79 Å². The number of nitrogens with zero attached hydrogens (tertiary/aromatic N) is 2. The maximum absolute atomic E-state index is 12.9. The number of rotatable bonds is 7. The summed E-state index contributed by atoms with van der Waals surface area (Å²) in [4.78, 5) is 17.4. The van der Waals surface area contributed by atoms with E-state index in [1.165, 1.54) is 0 Å². The van der Waals surface area contributed by atoms with Crippen LogP contribution in [0.15, 0.2) is 77.7 Å². The summed E-state index contributed by atoms with van der Waals surface area (Å²) < 4.78 is 7.48. The standard InChI is InChI=1S/C22H20ClN3O2/c23-17-8-6-16(7-9-17)20(14-19-5-3-13-28-19)22(27)24-11-10-21-25-15-18-4-1-2-12-26(18)21/h1-9,12-13,15,20H,10-11,14H2,(H,24,27). The molecule has 0 saturated carbocycles. The molecule has 0 aliphatic carbocycles. The fourth-order valence-corrected chi connectivity index (χ4v) is 3.42. The van der Waals surface area contributed by atoms with Crippen molar-refractivity contribution in [3.8, 4) is 0 Å². The molecule has 0 spiro atoms. The zero-order valence-electron chi connectivity index (χ0n) is 15.2. The highest BCUT2D eigenvalue weighted by atomic mass is 35.5. The van der Waals surface area contributed by atoms with Crippen LogP contribution in [-0.4, -0.2) is 21.8 Å². The Morgan fingerprint density at radius 3 is 2.79 bits per heavy atom. The summed E-state index contributed by atoms with van der Waals surface area (Å²) in [5, 5.41) is 3.69. The Balaban J connectivity index is 1.45. The number of hydrogen-bond donors (Lipinski definition) is 1. The molecule has 3 aromatic heterocycles. The molecular formula is C22H20ClN3O2. The summed E-state index contributed by atoms with van der Waals surface area (Å²) in [5.74, 6) is 1.30. The van der Waals surface area contributed by atoms with Gasteiger partial charge in [-0.15, -0.1) is 0 Å². The minimum atomic E-state index is -0.347. The van der Waals surface area contributed by atoms with Crippen LogP contribution in [0, 0.1) is 0 Å². The second-order valence-corrected chi connectivity index (χ2v) is 7.04. The van der Waals surface area contributed by atoms with Gasteiger partial charge in [-0.25, -0.2) is 4.98 Å². The predicted molar refractivity (Wildman–Crippen MR) is 109 cm³/mol. The molecule has 5 nitrogen and oxygen atoms in total. The van der Waals surface area contributed by atoms with E-state index < -0.39 is 0 Å². The Hall–Kier alpha value is -3.05. The van der Waals surface area contributed by atoms with Crippen LogP contribution in [0.25, 0.3) is 5.52 Å². The SMILES string of the molecule is O=C(NCCc1ncc2ccccn12)C(Cc1ccco1)c1ccc(Cl)cc1. The topological polar surface area (TPSA) is 59.5 Å². The van der Waals surface area contributed by atoms with Gasteiger partial charge in [0, 0.05) is 30.6 Å². The number of pyridine rings is 1. The van der Waals surface area contributed by atoms with Crippen LogP contribution >= 0.6 is 11.6 Å². The number of carbonyl (C=O) groups excluding carboxylic acids is 1. The van der Waals surface area contributed by atoms with Gasteiger partial charge in [0.05, 0.1) is 23.9 Å². The first-order valence-electron chi connectivity index (χ1n) is 9.17. The van der Waals surface area contributed by atoms with Gasteiger partial charge in [-0.1, -0.05) is 29.8 Å². The molecule has 0 bridgehead atoms. The third-order valence-corrected chi connectivity index (χ3v) is 4.99. The molecule has 1 aromatic carbocycles. The molecule has 1 atom stereocenters. The largest absolute Gasteiger partial charge is 0.469 e. The highest BCUT2D eigenvalue weighted by molar-refractivity contribution is 6.30. The maximum atomic E-state index is 12.9. The quantitative estimate of drug-likeness (QED) is 0.510. The molecule has 4 aromatic rings. The average molecular weight is 394 g/mol. The smallest absolute Gasteiger partial charge is 0.228 e. The van der Waals surface area contributed by atoms with E-state index in [1.807, 2.05) is 59.3 Å². The lowest BCUT2D eigenvalue weighted by Gasteiger charge is -2.16. The number of fused-ring (bicyclic) bond motifs is 1. The van der Waals surface area contributed by atoms with Crippen LogP contribution in [0.2, 0.25) is 5.02 Å². The van der Waals surface area contributed by atoms with Crippen molar-refractivity contribution in [2.75, 3.05) is 6.54 Å². The number of furan rings is 1. The van der Waals surface area contributed by atoms with Gasteiger partial charge in [-0.05, 0) is 42.0 Å². The third kappa shape index (κ3) is 4.10. The molecular weight excluding hydrogens is 374 g/mol. The molecule has 0 saturated heterocycles. The monoisotopic (exact) mass is 393 g/mol. The summed E-state index contributed by atoms with van der Waals surface area (Å²) >= 11 is 6.00. The van der Waals surface area contributed by atoms with Crippen molar-refractivity contribution in [3.63, 3.8) is 0 Å². The molecule has 0 aliphatic heterocycles. The van der Waals surface area contributed by atoms with Crippen molar-refractivity contribution in [3.05, 3.63) is 95.4 Å². The van der Waals surface area contributed by atoms with Crippen LogP contribution in [0.4, 0.5) is 0 Å². The molecule has 1 unspecified atom stereocenters. The Morgan fingerprint density at radius 1 is 1.14 bits per heavy atom. The molecule has 6 heteroatoms. The van der Waals surface area contributed by atoms with Gasteiger partial charge in [-0.2, -0.15) is 0 Å². The van der Waals surface area contributed by atoms with Gasteiger partial charge < -0.3 is 14.1 Å². The summed E-state index contributed by atoms with van der Waals surface area (Å²) in [6.07, 6.45) is 6.58. The number of halogens is 1. The number of aromatic nitrogens is 2. The fraction of sp³-hybridized carbons (Fsp3) is 0.182. The Morgan fingerprint density at radius 2 is 2.00 bits per heavy atom. The normalized spacial score (nSPS) is 12.2. The Bertz CT molecular complexity index is 1060. The number of carbonyl (C=O) groups is 1. The number of nitrogens with one attached hydrogen (secondary N) is 1. The van der Waals surface area contributed by atoms with E-state index in [2.05, 4.69) is 10.3 Å². The molecule has 3 heterocycles. The van der Waals surface area contributed by atoms with Crippen molar-refractivity contribution in [1.82, 2.24) is 14.7 Å². The van der Waals surface area contributed by atoms with Gasteiger partial charge in [-0.3, -0.25) is 4.79 Å². The Labute approximate surface area is 168 Å². The lowest BCUT2D eigenvalue weighted by molar-refractivity contribution is -0.122. The van der Waals surface area contributed by atoms with Crippen molar-refractivity contribution >= 4 is 23.0 Å². The maximum Gasteiger partial charge on any atom is 0.228 e. The first-order valence-corrected chi connectivity index (χ1v) is 9.55. The van der Waals surface area contributed by atoms with Crippen LogP contribution < -0.4 is 5.32 Å². The van der Waals surface area contributed by atoms with Gasteiger partial charge in [0.2, 0.25) is 5.91 Å². The van der Waals surface area contributed by atoms with Crippen molar-refractivity contribution in [1.29, 1.82) is 0 Å². The number of amides is 1. The Kier molecular flexibility index (Phi) is 5.44. The second-order valence-electron chi connectivity index (χ2n) is 6.60. The molecule has 0 fully saturated rings. The van der Waals surface area contributed by atoms with Crippen molar-refractivity contribution in [2.45, 2.75) is 18.8 Å². The second kappa shape index (κ2) is 8.31. The zero-order chi connectivity index (χ0) is 19.3. The predicted octanol–water partition coefficient (Wildman–Crippen LogP) is 4.27. The average Bonchev–Trinajstić information content (AvgIpc) is 3.37. The van der Waals surface area contributed by atoms with Crippen LogP contribution in [-0.2, 0) is 17.6 Å². The first-order chi connectivity index (χ1) is 13.7.